The van der Waals surface area contributed by atoms with E-state index >= 15 is 0 Å². The lowest BCUT2D eigenvalue weighted by molar-refractivity contribution is 0.0159. The van der Waals surface area contributed by atoms with Crippen molar-refractivity contribution in [3.05, 3.63) is 59.7 Å². The summed E-state index contributed by atoms with van der Waals surface area (Å²) in [4.78, 5) is 14.3. The van der Waals surface area contributed by atoms with Gasteiger partial charge in [-0.1, -0.05) is 30.3 Å². The Labute approximate surface area is 149 Å². The van der Waals surface area contributed by atoms with Crippen LogP contribution in [0.25, 0.3) is 0 Å². The second-order valence-corrected chi connectivity index (χ2v) is 7.34. The number of rotatable bonds is 2. The first kappa shape index (κ1) is 17.3. The number of fused-ring (bicyclic) bond motifs is 1. The topological polar surface area (TPSA) is 38.8 Å². The number of carbonyl (C=O) groups is 1. The summed E-state index contributed by atoms with van der Waals surface area (Å²) in [6.07, 6.45) is 0.488. The van der Waals surface area contributed by atoms with Crippen LogP contribution in [0.5, 0.6) is 11.5 Å². The van der Waals surface area contributed by atoms with Crippen LogP contribution in [0.2, 0.25) is 0 Å². The molecule has 2 aromatic rings. The molecule has 25 heavy (non-hydrogen) atoms. The van der Waals surface area contributed by atoms with Gasteiger partial charge in [0.1, 0.15) is 17.1 Å². The molecule has 0 radical (unpaired) electrons. The lowest BCUT2D eigenvalue weighted by atomic mass is 9.93. The maximum atomic E-state index is 12.5. The Kier molecular flexibility index (Phi) is 4.71. The van der Waals surface area contributed by atoms with Crippen LogP contribution in [-0.4, -0.2) is 23.1 Å². The molecular formula is C21H25NO3. The predicted molar refractivity (Wildman–Crippen MR) is 98.0 cm³/mol. The van der Waals surface area contributed by atoms with E-state index in [1.54, 1.807) is 4.90 Å². The highest BCUT2D eigenvalue weighted by molar-refractivity contribution is 5.69. The van der Waals surface area contributed by atoms with E-state index in [9.17, 15) is 4.79 Å². The highest BCUT2D eigenvalue weighted by Gasteiger charge is 2.32. The summed E-state index contributed by atoms with van der Waals surface area (Å²) in [6, 6.07) is 15.8. The highest BCUT2D eigenvalue weighted by Crippen LogP contribution is 2.37. The van der Waals surface area contributed by atoms with Crippen LogP contribution in [0.1, 0.15) is 44.9 Å². The van der Waals surface area contributed by atoms with Crippen LogP contribution in [0, 0.1) is 0 Å². The molecule has 0 aliphatic carbocycles. The van der Waals surface area contributed by atoms with Gasteiger partial charge < -0.3 is 14.4 Å². The van der Waals surface area contributed by atoms with Gasteiger partial charge in [-0.25, -0.2) is 4.79 Å². The molecule has 132 valence electrons. The summed E-state index contributed by atoms with van der Waals surface area (Å²) >= 11 is 0. The SMILES string of the molecule is C[C@@H]1c2cccc(Oc3ccccc3)c2CCN1C(=O)OC(C)(C)C. The molecule has 4 heteroatoms. The van der Waals surface area contributed by atoms with Crippen LogP contribution in [-0.2, 0) is 11.2 Å². The monoisotopic (exact) mass is 339 g/mol. The van der Waals surface area contributed by atoms with Crippen molar-refractivity contribution >= 4 is 6.09 Å². The van der Waals surface area contributed by atoms with Gasteiger partial charge in [0.2, 0.25) is 0 Å². The predicted octanol–water partition coefficient (Wildman–Crippen LogP) is 5.33. The molecule has 0 saturated carbocycles. The Morgan fingerprint density at radius 3 is 2.48 bits per heavy atom. The smallest absolute Gasteiger partial charge is 0.410 e. The molecule has 0 unspecified atom stereocenters. The van der Waals surface area contributed by atoms with Crippen LogP contribution >= 0.6 is 0 Å². The minimum Gasteiger partial charge on any atom is -0.457 e. The number of hydrogen-bond acceptors (Lipinski definition) is 3. The van der Waals surface area contributed by atoms with Crippen molar-refractivity contribution in [3.63, 3.8) is 0 Å². The molecule has 0 bridgehead atoms. The van der Waals surface area contributed by atoms with Crippen LogP contribution in [0.4, 0.5) is 4.79 Å². The standard InChI is InChI=1S/C21H25NO3/c1-15-17-11-8-12-19(24-16-9-6-5-7-10-16)18(17)13-14-22(15)20(23)25-21(2,3)4/h5-12,15H,13-14H2,1-4H3/t15-/m1/s1. The summed E-state index contributed by atoms with van der Waals surface area (Å²) in [5.41, 5.74) is 1.79. The summed E-state index contributed by atoms with van der Waals surface area (Å²) in [5.74, 6) is 1.68. The lowest BCUT2D eigenvalue weighted by Gasteiger charge is -2.36. The van der Waals surface area contributed by atoms with E-state index in [2.05, 4.69) is 6.07 Å². The zero-order valence-electron chi connectivity index (χ0n) is 15.3. The van der Waals surface area contributed by atoms with Crippen molar-refractivity contribution in [2.75, 3.05) is 6.54 Å². The zero-order valence-corrected chi connectivity index (χ0v) is 15.3. The molecule has 1 aliphatic rings. The van der Waals surface area contributed by atoms with Crippen molar-refractivity contribution in [3.8, 4) is 11.5 Å². The van der Waals surface area contributed by atoms with E-state index < -0.39 is 5.60 Å². The molecule has 1 amide bonds. The van der Waals surface area contributed by atoms with Gasteiger partial charge >= 0.3 is 6.09 Å². The van der Waals surface area contributed by atoms with Gasteiger partial charge in [0, 0.05) is 12.1 Å². The fraction of sp³-hybridized carbons (Fsp3) is 0.381. The first-order chi connectivity index (χ1) is 11.8. The average Bonchev–Trinajstić information content (AvgIpc) is 2.55. The normalized spacial score (nSPS) is 17.0. The Bertz CT molecular complexity index is 749. The number of ether oxygens (including phenoxy) is 2. The summed E-state index contributed by atoms with van der Waals surface area (Å²) < 4.78 is 11.6. The second kappa shape index (κ2) is 6.79. The molecule has 0 fully saturated rings. The Hall–Kier alpha value is -2.49. The Morgan fingerprint density at radius 2 is 1.80 bits per heavy atom. The van der Waals surface area contributed by atoms with Gasteiger partial charge in [-0.2, -0.15) is 0 Å². The van der Waals surface area contributed by atoms with E-state index in [1.165, 1.54) is 5.56 Å². The molecule has 1 aliphatic heterocycles. The van der Waals surface area contributed by atoms with Gasteiger partial charge in [0.25, 0.3) is 0 Å². The molecule has 3 rings (SSSR count). The molecule has 4 nitrogen and oxygen atoms in total. The van der Waals surface area contributed by atoms with Crippen molar-refractivity contribution in [2.24, 2.45) is 0 Å². The number of hydrogen-bond donors (Lipinski definition) is 0. The maximum absolute atomic E-state index is 12.5. The Balaban J connectivity index is 1.84. The number of para-hydroxylation sites is 1. The van der Waals surface area contributed by atoms with E-state index in [4.69, 9.17) is 9.47 Å². The van der Waals surface area contributed by atoms with Crippen molar-refractivity contribution in [2.45, 2.75) is 45.8 Å². The minimum atomic E-state index is -0.491. The third-order valence-corrected chi connectivity index (χ3v) is 4.29. The van der Waals surface area contributed by atoms with Gasteiger partial charge in [-0.05, 0) is 57.9 Å². The number of nitrogens with zero attached hydrogens (tertiary/aromatic N) is 1. The summed E-state index contributed by atoms with van der Waals surface area (Å²) in [6.45, 7) is 8.32. The Morgan fingerprint density at radius 1 is 1.08 bits per heavy atom. The van der Waals surface area contributed by atoms with Crippen LogP contribution in [0.3, 0.4) is 0 Å². The third kappa shape index (κ3) is 3.95. The maximum Gasteiger partial charge on any atom is 0.410 e. The first-order valence-electron chi connectivity index (χ1n) is 8.69. The average molecular weight is 339 g/mol. The van der Waals surface area contributed by atoms with E-state index in [-0.39, 0.29) is 12.1 Å². The van der Waals surface area contributed by atoms with Gasteiger partial charge in [0.15, 0.2) is 0 Å². The van der Waals surface area contributed by atoms with Crippen molar-refractivity contribution in [1.29, 1.82) is 0 Å². The molecule has 2 aromatic carbocycles. The van der Waals surface area contributed by atoms with E-state index in [0.29, 0.717) is 6.54 Å². The van der Waals surface area contributed by atoms with E-state index in [0.717, 1.165) is 23.5 Å². The molecule has 0 saturated heterocycles. The number of carbonyl (C=O) groups excluding carboxylic acids is 1. The second-order valence-electron chi connectivity index (χ2n) is 7.34. The molecule has 0 aromatic heterocycles. The first-order valence-corrected chi connectivity index (χ1v) is 8.69. The molecule has 0 N–H and O–H groups in total. The van der Waals surface area contributed by atoms with Crippen molar-refractivity contribution in [1.82, 2.24) is 4.90 Å². The molecule has 1 heterocycles. The largest absolute Gasteiger partial charge is 0.457 e. The number of benzene rings is 2. The van der Waals surface area contributed by atoms with Crippen molar-refractivity contribution < 1.29 is 14.3 Å². The van der Waals surface area contributed by atoms with Gasteiger partial charge in [-0.15, -0.1) is 0 Å². The quantitative estimate of drug-likeness (QED) is 0.742. The van der Waals surface area contributed by atoms with Gasteiger partial charge in [-0.3, -0.25) is 0 Å². The van der Waals surface area contributed by atoms with Gasteiger partial charge in [0.05, 0.1) is 6.04 Å². The number of amides is 1. The van der Waals surface area contributed by atoms with Crippen LogP contribution < -0.4 is 4.74 Å². The molecular weight excluding hydrogens is 314 g/mol. The molecule has 0 spiro atoms. The summed E-state index contributed by atoms with van der Waals surface area (Å²) in [7, 11) is 0. The molecule has 1 atom stereocenters. The van der Waals surface area contributed by atoms with E-state index in [1.807, 2.05) is 70.2 Å². The third-order valence-electron chi connectivity index (χ3n) is 4.29. The highest BCUT2D eigenvalue weighted by atomic mass is 16.6. The fourth-order valence-electron chi connectivity index (χ4n) is 3.12. The fourth-order valence-corrected chi connectivity index (χ4v) is 3.12. The minimum absolute atomic E-state index is 0.0436. The zero-order chi connectivity index (χ0) is 18.0. The van der Waals surface area contributed by atoms with Crippen LogP contribution in [0.15, 0.2) is 48.5 Å². The summed E-state index contributed by atoms with van der Waals surface area (Å²) in [5, 5.41) is 0. The lowest BCUT2D eigenvalue weighted by Crippen LogP contribution is -2.42.